The fourth-order valence-electron chi connectivity index (χ4n) is 6.53. The number of benzene rings is 2. The Balaban J connectivity index is 0.000000261. The van der Waals surface area contributed by atoms with Crippen molar-refractivity contribution in [2.24, 2.45) is 0 Å². The van der Waals surface area contributed by atoms with Gasteiger partial charge in [-0.3, -0.25) is 5.26 Å². The van der Waals surface area contributed by atoms with Gasteiger partial charge in [0, 0.05) is 31.0 Å². The number of nitrogens with zero attached hydrogens (tertiary/aromatic N) is 2. The standard InChI is InChI=1S/2C16H25NO2.C4H6O4/c2*1-17(2)12-15(13-6-8-14(18)9-7-13)16(19)10-4-3-5-11-16;5-4(6)2-1-3-8-7/h2*6-9,15,18-19H,3-5,10-12H2,1-2H3;1-2,7H,3H2,(H,5,6)/b;;2-1+/t2*15-;/m00./s1. The number of aromatic hydroxyl groups is 2. The molecule has 0 bridgehead atoms. The monoisotopic (exact) mass is 644 g/mol. The first-order valence-electron chi connectivity index (χ1n) is 16.3. The minimum atomic E-state index is -1.05. The van der Waals surface area contributed by atoms with Crippen LogP contribution < -0.4 is 0 Å². The number of carboxylic acid groups (broad SMARTS) is 1. The third-order valence-corrected chi connectivity index (χ3v) is 8.85. The average Bonchev–Trinajstić information content (AvgIpc) is 3.01. The summed E-state index contributed by atoms with van der Waals surface area (Å²) in [7, 11) is 8.17. The predicted octanol–water partition coefficient (Wildman–Crippen LogP) is 5.58. The number of aliphatic carboxylic acids is 1. The van der Waals surface area contributed by atoms with Gasteiger partial charge in [-0.1, -0.05) is 62.8 Å². The molecule has 0 saturated heterocycles. The Morgan fingerprint density at radius 3 is 1.35 bits per heavy atom. The van der Waals surface area contributed by atoms with Crippen molar-refractivity contribution in [2.75, 3.05) is 47.9 Å². The quantitative estimate of drug-likeness (QED) is 0.104. The molecule has 2 fully saturated rings. The van der Waals surface area contributed by atoms with Crippen LogP contribution in [0.2, 0.25) is 0 Å². The summed E-state index contributed by atoms with van der Waals surface area (Å²) in [6, 6.07) is 14.6. The molecule has 2 aromatic carbocycles. The summed E-state index contributed by atoms with van der Waals surface area (Å²) in [5, 5.41) is 56.4. The van der Waals surface area contributed by atoms with Crippen LogP contribution in [-0.2, 0) is 9.68 Å². The van der Waals surface area contributed by atoms with Gasteiger partial charge in [-0.15, -0.1) is 0 Å². The summed E-state index contributed by atoms with van der Waals surface area (Å²) in [6.07, 6.45) is 12.5. The Kier molecular flexibility index (Phi) is 16.7. The highest BCUT2D eigenvalue weighted by atomic mass is 17.1. The van der Waals surface area contributed by atoms with Gasteiger partial charge >= 0.3 is 5.97 Å². The van der Waals surface area contributed by atoms with Crippen LogP contribution >= 0.6 is 0 Å². The molecule has 2 atom stereocenters. The Bertz CT molecular complexity index is 1080. The van der Waals surface area contributed by atoms with Crippen LogP contribution in [0.5, 0.6) is 11.5 Å². The number of hydrogen-bond donors (Lipinski definition) is 6. The van der Waals surface area contributed by atoms with Crippen molar-refractivity contribution in [1.29, 1.82) is 0 Å². The fraction of sp³-hybridized carbons (Fsp3) is 0.583. The van der Waals surface area contributed by atoms with Gasteiger partial charge < -0.3 is 35.3 Å². The van der Waals surface area contributed by atoms with Crippen molar-refractivity contribution >= 4 is 5.97 Å². The van der Waals surface area contributed by atoms with E-state index in [1.807, 2.05) is 52.5 Å². The van der Waals surface area contributed by atoms with E-state index in [-0.39, 0.29) is 29.9 Å². The summed E-state index contributed by atoms with van der Waals surface area (Å²) in [4.78, 5) is 17.5. The Hall–Kier alpha value is -2.99. The largest absolute Gasteiger partial charge is 0.508 e. The second-order valence-corrected chi connectivity index (χ2v) is 13.2. The summed E-state index contributed by atoms with van der Waals surface area (Å²) >= 11 is 0. The summed E-state index contributed by atoms with van der Waals surface area (Å²) in [5.74, 6) is -0.264. The van der Waals surface area contributed by atoms with E-state index in [0.29, 0.717) is 0 Å². The van der Waals surface area contributed by atoms with Crippen molar-refractivity contribution in [1.82, 2.24) is 9.80 Å². The van der Waals surface area contributed by atoms with Crippen LogP contribution in [0.1, 0.15) is 87.2 Å². The second kappa shape index (κ2) is 19.6. The maximum atomic E-state index is 11.0. The average molecular weight is 645 g/mol. The van der Waals surface area contributed by atoms with Crippen LogP contribution in [0.25, 0.3) is 0 Å². The van der Waals surface area contributed by atoms with Crippen LogP contribution in [0.4, 0.5) is 0 Å². The highest BCUT2D eigenvalue weighted by molar-refractivity contribution is 5.79. The van der Waals surface area contributed by atoms with Crippen molar-refractivity contribution in [3.05, 3.63) is 71.8 Å². The number of rotatable bonds is 11. The maximum Gasteiger partial charge on any atom is 0.328 e. The van der Waals surface area contributed by atoms with Crippen LogP contribution in [-0.4, -0.2) is 106 Å². The number of carboxylic acids is 1. The molecule has 258 valence electrons. The smallest absolute Gasteiger partial charge is 0.328 e. The van der Waals surface area contributed by atoms with Gasteiger partial charge in [-0.05, 0) is 95.3 Å². The molecule has 0 aromatic heterocycles. The lowest BCUT2D eigenvalue weighted by atomic mass is 9.72. The molecular weight excluding hydrogens is 588 g/mol. The van der Waals surface area contributed by atoms with Gasteiger partial charge in [-0.2, -0.15) is 0 Å². The number of phenols is 2. The van der Waals surface area contributed by atoms with Crippen LogP contribution in [0.3, 0.4) is 0 Å². The molecule has 2 saturated carbocycles. The number of phenolic OH excluding ortho intramolecular Hbond substituents is 2. The lowest BCUT2D eigenvalue weighted by molar-refractivity contribution is -0.231. The normalized spacial score (nSPS) is 18.6. The molecule has 2 aromatic rings. The number of hydrogen-bond acceptors (Lipinski definition) is 9. The van der Waals surface area contributed by atoms with E-state index in [1.54, 1.807) is 24.3 Å². The summed E-state index contributed by atoms with van der Waals surface area (Å²) < 4.78 is 0. The molecule has 0 radical (unpaired) electrons. The zero-order valence-corrected chi connectivity index (χ0v) is 28.0. The molecule has 10 nitrogen and oxygen atoms in total. The first kappa shape index (κ1) is 39.2. The molecule has 0 spiro atoms. The van der Waals surface area contributed by atoms with Gasteiger partial charge in [0.05, 0.1) is 11.2 Å². The van der Waals surface area contributed by atoms with E-state index < -0.39 is 17.2 Å². The maximum absolute atomic E-state index is 11.0. The van der Waals surface area contributed by atoms with Crippen molar-refractivity contribution in [3.8, 4) is 11.5 Å². The Labute approximate surface area is 274 Å². The van der Waals surface area contributed by atoms with E-state index >= 15 is 0 Å². The lowest BCUT2D eigenvalue weighted by Crippen LogP contribution is -2.42. The van der Waals surface area contributed by atoms with Crippen molar-refractivity contribution in [2.45, 2.75) is 87.2 Å². The number of carbonyl (C=O) groups is 1. The molecule has 2 aliphatic carbocycles. The molecule has 0 unspecified atom stereocenters. The predicted molar refractivity (Wildman–Crippen MR) is 180 cm³/mol. The molecule has 0 heterocycles. The Morgan fingerprint density at radius 1 is 0.717 bits per heavy atom. The molecule has 46 heavy (non-hydrogen) atoms. The number of aliphatic hydroxyl groups is 2. The van der Waals surface area contributed by atoms with E-state index in [0.717, 1.165) is 81.7 Å². The SMILES string of the molecule is CN(C)C[C@@H](c1ccc(O)cc1)C1(O)CCCCC1.CN(C)C[C@@H](c1ccc(O)cc1)C1(O)CCCCC1.O=C(O)/C=C/COO. The third-order valence-electron chi connectivity index (χ3n) is 8.85. The van der Waals surface area contributed by atoms with E-state index in [9.17, 15) is 25.2 Å². The van der Waals surface area contributed by atoms with Crippen molar-refractivity contribution in [3.63, 3.8) is 0 Å². The van der Waals surface area contributed by atoms with E-state index in [2.05, 4.69) is 14.7 Å². The number of likely N-dealkylation sites (N-methyl/N-ethyl adjacent to an activating group) is 2. The van der Waals surface area contributed by atoms with E-state index in [1.165, 1.54) is 18.9 Å². The minimum Gasteiger partial charge on any atom is -0.508 e. The molecule has 2 aliphatic rings. The zero-order valence-electron chi connectivity index (χ0n) is 28.0. The zero-order chi connectivity index (χ0) is 34.2. The highest BCUT2D eigenvalue weighted by Gasteiger charge is 2.40. The van der Waals surface area contributed by atoms with Crippen LogP contribution in [0, 0.1) is 0 Å². The first-order valence-corrected chi connectivity index (χ1v) is 16.3. The molecule has 4 rings (SSSR count). The Morgan fingerprint density at radius 2 is 1.07 bits per heavy atom. The third kappa shape index (κ3) is 13.4. The molecule has 10 heteroatoms. The van der Waals surface area contributed by atoms with Gasteiger partial charge in [0.25, 0.3) is 0 Å². The molecule has 6 N–H and O–H groups in total. The molecular formula is C36H56N2O8. The topological polar surface area (TPSA) is 154 Å². The second-order valence-electron chi connectivity index (χ2n) is 13.2. The van der Waals surface area contributed by atoms with Gasteiger partial charge in [0.1, 0.15) is 18.1 Å². The molecule has 0 amide bonds. The summed E-state index contributed by atoms with van der Waals surface area (Å²) in [6.45, 7) is 1.58. The van der Waals surface area contributed by atoms with Gasteiger partial charge in [-0.25, -0.2) is 9.68 Å². The first-order chi connectivity index (χ1) is 21.8. The van der Waals surface area contributed by atoms with Gasteiger partial charge in [0.15, 0.2) is 0 Å². The van der Waals surface area contributed by atoms with Crippen molar-refractivity contribution < 1.29 is 40.5 Å². The van der Waals surface area contributed by atoms with Gasteiger partial charge in [0.2, 0.25) is 0 Å². The van der Waals surface area contributed by atoms with E-state index in [4.69, 9.17) is 10.4 Å². The highest BCUT2D eigenvalue weighted by Crippen LogP contribution is 2.41. The lowest BCUT2D eigenvalue weighted by Gasteiger charge is -2.40. The minimum absolute atomic E-state index is 0.0910. The summed E-state index contributed by atoms with van der Waals surface area (Å²) in [5.41, 5.74) is 1.05. The van der Waals surface area contributed by atoms with Crippen LogP contribution in [0.15, 0.2) is 60.7 Å². The fourth-order valence-corrected chi connectivity index (χ4v) is 6.53. The molecule has 0 aliphatic heterocycles.